The molecule has 0 aromatic heterocycles. The standard InChI is InChI=1S/C9H4ClF6/c1-4-5(8(11,12)13)2-3-6(7(4)10)9(14,15)16/h2H,1H3. The Bertz CT molecular complexity index is 365. The van der Waals surface area contributed by atoms with E-state index in [1.54, 1.807) is 0 Å². The number of hydrogen-bond donors (Lipinski definition) is 0. The van der Waals surface area contributed by atoms with Crippen LogP contribution in [0.1, 0.15) is 16.7 Å². The zero-order valence-electron chi connectivity index (χ0n) is 7.72. The van der Waals surface area contributed by atoms with E-state index in [4.69, 9.17) is 11.6 Å². The van der Waals surface area contributed by atoms with Crippen LogP contribution in [0.15, 0.2) is 6.07 Å². The molecule has 0 nitrogen and oxygen atoms in total. The van der Waals surface area contributed by atoms with Crippen LogP contribution in [0, 0.1) is 13.0 Å². The van der Waals surface area contributed by atoms with Crippen LogP contribution in [0.2, 0.25) is 5.02 Å². The Morgan fingerprint density at radius 1 is 1.06 bits per heavy atom. The van der Waals surface area contributed by atoms with Crippen molar-refractivity contribution in [2.45, 2.75) is 19.3 Å². The monoisotopic (exact) mass is 261 g/mol. The lowest BCUT2D eigenvalue weighted by molar-refractivity contribution is -0.141. The van der Waals surface area contributed by atoms with Crippen LogP contribution >= 0.6 is 11.6 Å². The van der Waals surface area contributed by atoms with Crippen LogP contribution in [-0.4, -0.2) is 0 Å². The summed E-state index contributed by atoms with van der Waals surface area (Å²) in [5.74, 6) is 0. The Morgan fingerprint density at radius 3 is 1.94 bits per heavy atom. The molecular formula is C9H4ClF6. The minimum atomic E-state index is -4.81. The highest BCUT2D eigenvalue weighted by molar-refractivity contribution is 6.32. The molecule has 0 saturated carbocycles. The second-order valence-electron chi connectivity index (χ2n) is 3.01. The number of alkyl halides is 6. The topological polar surface area (TPSA) is 0 Å². The molecule has 1 rings (SSSR count). The van der Waals surface area contributed by atoms with Gasteiger partial charge < -0.3 is 0 Å². The molecule has 0 heterocycles. The molecule has 0 aliphatic heterocycles. The van der Waals surface area contributed by atoms with Gasteiger partial charge in [-0.1, -0.05) is 11.6 Å². The Hall–Kier alpha value is -0.910. The van der Waals surface area contributed by atoms with Crippen LogP contribution in [0.25, 0.3) is 0 Å². The minimum absolute atomic E-state index is 0.254. The van der Waals surface area contributed by atoms with Gasteiger partial charge in [-0.3, -0.25) is 0 Å². The van der Waals surface area contributed by atoms with Crippen LogP contribution in [-0.2, 0) is 12.4 Å². The van der Waals surface area contributed by atoms with Crippen molar-refractivity contribution in [1.82, 2.24) is 0 Å². The molecule has 7 heteroatoms. The maximum atomic E-state index is 12.3. The molecular weight excluding hydrogens is 258 g/mol. The second kappa shape index (κ2) is 3.84. The highest BCUT2D eigenvalue weighted by Gasteiger charge is 2.38. The van der Waals surface area contributed by atoms with Gasteiger partial charge in [0.1, 0.15) is 0 Å². The van der Waals surface area contributed by atoms with E-state index in [0.29, 0.717) is 0 Å². The van der Waals surface area contributed by atoms with Crippen LogP contribution < -0.4 is 0 Å². The normalized spacial score (nSPS) is 13.0. The molecule has 0 spiro atoms. The van der Waals surface area contributed by atoms with Crippen LogP contribution in [0.5, 0.6) is 0 Å². The quantitative estimate of drug-likeness (QED) is 0.604. The molecule has 0 amide bonds. The van der Waals surface area contributed by atoms with E-state index in [1.807, 2.05) is 0 Å². The summed E-state index contributed by atoms with van der Waals surface area (Å²) in [6.45, 7) is 0.883. The molecule has 1 radical (unpaired) electrons. The number of halogens is 7. The smallest absolute Gasteiger partial charge is 0.166 e. The number of hydrogen-bond acceptors (Lipinski definition) is 0. The van der Waals surface area contributed by atoms with Gasteiger partial charge in [0.15, 0.2) is 0 Å². The van der Waals surface area contributed by atoms with Gasteiger partial charge in [-0.25, -0.2) is 0 Å². The molecule has 89 valence electrons. The first-order valence-corrected chi connectivity index (χ1v) is 4.28. The summed E-state index contributed by atoms with van der Waals surface area (Å²) in [6.07, 6.45) is -9.56. The largest absolute Gasteiger partial charge is 0.418 e. The van der Waals surface area contributed by atoms with Gasteiger partial charge in [0.25, 0.3) is 0 Å². The van der Waals surface area contributed by atoms with Crippen molar-refractivity contribution in [3.63, 3.8) is 0 Å². The molecule has 0 aliphatic carbocycles. The fourth-order valence-corrected chi connectivity index (χ4v) is 1.39. The van der Waals surface area contributed by atoms with E-state index >= 15 is 0 Å². The van der Waals surface area contributed by atoms with Crippen LogP contribution in [0.3, 0.4) is 0 Å². The van der Waals surface area contributed by atoms with E-state index in [0.717, 1.165) is 6.92 Å². The summed E-state index contributed by atoms with van der Waals surface area (Å²) in [5.41, 5.74) is -3.26. The molecule has 0 saturated heterocycles. The molecule has 1 aromatic carbocycles. The first kappa shape index (κ1) is 13.2. The summed E-state index contributed by atoms with van der Waals surface area (Å²) in [7, 11) is 0. The molecule has 0 bridgehead atoms. The minimum Gasteiger partial charge on any atom is -0.166 e. The summed E-state index contributed by atoms with van der Waals surface area (Å²) < 4.78 is 73.7. The van der Waals surface area contributed by atoms with Crippen molar-refractivity contribution in [2.24, 2.45) is 0 Å². The summed E-state index contributed by atoms with van der Waals surface area (Å²) in [6, 6.07) is 1.77. The van der Waals surface area contributed by atoms with Crippen molar-refractivity contribution >= 4 is 11.6 Å². The Kier molecular flexibility index (Phi) is 3.15. The van der Waals surface area contributed by atoms with Crippen molar-refractivity contribution in [2.75, 3.05) is 0 Å². The Morgan fingerprint density at radius 2 is 1.56 bits per heavy atom. The van der Waals surface area contributed by atoms with E-state index in [-0.39, 0.29) is 6.07 Å². The maximum absolute atomic E-state index is 12.3. The molecule has 0 atom stereocenters. The van der Waals surface area contributed by atoms with Crippen LogP contribution in [0.4, 0.5) is 26.3 Å². The third-order valence-corrected chi connectivity index (χ3v) is 2.37. The van der Waals surface area contributed by atoms with Gasteiger partial charge >= 0.3 is 12.4 Å². The first-order chi connectivity index (χ1) is 7.05. The van der Waals surface area contributed by atoms with Crippen molar-refractivity contribution in [1.29, 1.82) is 0 Å². The molecule has 0 N–H and O–H groups in total. The van der Waals surface area contributed by atoms with E-state index in [2.05, 4.69) is 0 Å². The lowest BCUT2D eigenvalue weighted by Gasteiger charge is -2.15. The molecule has 0 fully saturated rings. The van der Waals surface area contributed by atoms with E-state index in [1.165, 1.54) is 6.07 Å². The Balaban J connectivity index is 3.41. The zero-order valence-corrected chi connectivity index (χ0v) is 8.48. The molecule has 0 aliphatic rings. The van der Waals surface area contributed by atoms with E-state index < -0.39 is 34.1 Å². The fourth-order valence-electron chi connectivity index (χ4n) is 1.12. The van der Waals surface area contributed by atoms with Crippen molar-refractivity contribution in [3.8, 4) is 0 Å². The van der Waals surface area contributed by atoms with Gasteiger partial charge in [-0.2, -0.15) is 26.3 Å². The predicted molar refractivity (Wildman–Crippen MR) is 45.0 cm³/mol. The summed E-state index contributed by atoms with van der Waals surface area (Å²) in [5, 5.41) is -0.970. The van der Waals surface area contributed by atoms with Crippen molar-refractivity contribution < 1.29 is 26.3 Å². The molecule has 1 aromatic rings. The van der Waals surface area contributed by atoms with Gasteiger partial charge in [-0.15, -0.1) is 0 Å². The lowest BCUT2D eigenvalue weighted by Crippen LogP contribution is -2.12. The molecule has 16 heavy (non-hydrogen) atoms. The second-order valence-corrected chi connectivity index (χ2v) is 3.39. The number of benzene rings is 1. The summed E-state index contributed by atoms with van der Waals surface area (Å²) in [4.78, 5) is 0. The van der Waals surface area contributed by atoms with Gasteiger partial charge in [0.2, 0.25) is 0 Å². The maximum Gasteiger partial charge on any atom is 0.418 e. The SMILES string of the molecule is Cc1c(C(F)(F)F)c[c]c(C(F)(F)F)c1Cl. The zero-order chi connectivity index (χ0) is 12.7. The fraction of sp³-hybridized carbons (Fsp3) is 0.333. The first-order valence-electron chi connectivity index (χ1n) is 3.90. The van der Waals surface area contributed by atoms with Gasteiger partial charge in [-0.05, 0) is 24.6 Å². The third kappa shape index (κ3) is 2.42. The Labute approximate surface area is 91.8 Å². The third-order valence-electron chi connectivity index (χ3n) is 1.90. The predicted octanol–water partition coefficient (Wildman–Crippen LogP) is 4.49. The lowest BCUT2D eigenvalue weighted by atomic mass is 10.0. The highest BCUT2D eigenvalue weighted by Crippen LogP contribution is 2.40. The van der Waals surface area contributed by atoms with E-state index in [9.17, 15) is 26.3 Å². The number of rotatable bonds is 0. The highest BCUT2D eigenvalue weighted by atomic mass is 35.5. The van der Waals surface area contributed by atoms with Crippen molar-refractivity contribution in [3.05, 3.63) is 33.8 Å². The van der Waals surface area contributed by atoms with Gasteiger partial charge in [0, 0.05) is 0 Å². The molecule has 0 unspecified atom stereocenters. The average molecular weight is 262 g/mol. The van der Waals surface area contributed by atoms with Gasteiger partial charge in [0.05, 0.1) is 16.1 Å². The summed E-state index contributed by atoms with van der Waals surface area (Å²) >= 11 is 5.24. The average Bonchev–Trinajstić information content (AvgIpc) is 2.05.